The molecule has 0 aromatic heterocycles. The fourth-order valence-electron chi connectivity index (χ4n) is 2.41. The number of nitrogens with one attached hydrogen (secondary N) is 1. The summed E-state index contributed by atoms with van der Waals surface area (Å²) in [7, 11) is -2.99. The molecule has 5 heteroatoms. The Bertz CT molecular complexity index is 369. The molecule has 2 aliphatic rings. The Balaban J connectivity index is 1.82. The summed E-state index contributed by atoms with van der Waals surface area (Å²) in [6.45, 7) is 0.498. The zero-order valence-electron chi connectivity index (χ0n) is 9.35. The third-order valence-electron chi connectivity index (χ3n) is 3.41. The lowest BCUT2D eigenvalue weighted by atomic mass is 9.85. The van der Waals surface area contributed by atoms with Crippen molar-refractivity contribution in [3.63, 3.8) is 0 Å². The molecule has 1 fully saturated rings. The third-order valence-corrected chi connectivity index (χ3v) is 4.80. The first-order valence-corrected chi connectivity index (χ1v) is 7.57. The number of hydrogen-bond donors (Lipinski definition) is 2. The summed E-state index contributed by atoms with van der Waals surface area (Å²) in [5.41, 5.74) is -0.627. The Morgan fingerprint density at radius 3 is 2.56 bits per heavy atom. The Morgan fingerprint density at radius 2 is 2.00 bits per heavy atom. The zero-order chi connectivity index (χ0) is 11.6. The SMILES string of the molecule is O=S1(=O)C=CC(NCC2(O)CCCCC2)C1. The fourth-order valence-corrected chi connectivity index (χ4v) is 3.68. The molecule has 2 N–H and O–H groups in total. The Kier molecular flexibility index (Phi) is 3.37. The Hall–Kier alpha value is -0.390. The first-order valence-electron chi connectivity index (χ1n) is 5.86. The molecule has 0 bridgehead atoms. The van der Waals surface area contributed by atoms with Gasteiger partial charge in [-0.05, 0) is 12.8 Å². The van der Waals surface area contributed by atoms with Gasteiger partial charge in [0.1, 0.15) is 0 Å². The molecule has 1 aliphatic carbocycles. The summed E-state index contributed by atoms with van der Waals surface area (Å²) < 4.78 is 22.4. The minimum absolute atomic E-state index is 0.128. The maximum Gasteiger partial charge on any atom is 0.173 e. The van der Waals surface area contributed by atoms with E-state index in [1.54, 1.807) is 6.08 Å². The molecule has 0 radical (unpaired) electrons. The van der Waals surface area contributed by atoms with E-state index in [9.17, 15) is 13.5 Å². The van der Waals surface area contributed by atoms with Gasteiger partial charge in [0.05, 0.1) is 11.4 Å². The monoisotopic (exact) mass is 245 g/mol. The molecular formula is C11H19NO3S. The van der Waals surface area contributed by atoms with E-state index in [1.807, 2.05) is 0 Å². The van der Waals surface area contributed by atoms with E-state index >= 15 is 0 Å². The van der Waals surface area contributed by atoms with E-state index in [0.29, 0.717) is 6.54 Å². The van der Waals surface area contributed by atoms with Gasteiger partial charge in [0.25, 0.3) is 0 Å². The summed E-state index contributed by atoms with van der Waals surface area (Å²) in [5.74, 6) is 0.128. The molecule has 0 amide bonds. The van der Waals surface area contributed by atoms with Gasteiger partial charge in [-0.2, -0.15) is 0 Å². The smallest absolute Gasteiger partial charge is 0.173 e. The molecule has 4 nitrogen and oxygen atoms in total. The summed E-state index contributed by atoms with van der Waals surface area (Å²) in [5, 5.41) is 14.6. The molecule has 0 aromatic carbocycles. The van der Waals surface area contributed by atoms with Crippen LogP contribution in [-0.2, 0) is 9.84 Å². The second-order valence-corrected chi connectivity index (χ2v) is 6.86. The highest BCUT2D eigenvalue weighted by atomic mass is 32.2. The zero-order valence-corrected chi connectivity index (χ0v) is 10.2. The molecule has 1 atom stereocenters. The van der Waals surface area contributed by atoms with Crippen molar-refractivity contribution in [1.82, 2.24) is 5.32 Å². The summed E-state index contributed by atoms with van der Waals surface area (Å²) in [6.07, 6.45) is 6.64. The lowest BCUT2D eigenvalue weighted by molar-refractivity contribution is 0.00412. The van der Waals surface area contributed by atoms with Gasteiger partial charge in [-0.1, -0.05) is 25.3 Å². The summed E-state index contributed by atoms with van der Waals surface area (Å²) in [4.78, 5) is 0. The Morgan fingerprint density at radius 1 is 1.31 bits per heavy atom. The average molecular weight is 245 g/mol. The standard InChI is InChI=1S/C11H19NO3S/c13-11(5-2-1-3-6-11)9-12-10-4-7-16(14,15)8-10/h4,7,10,12-13H,1-3,5-6,8-9H2. The number of aliphatic hydroxyl groups is 1. The van der Waals surface area contributed by atoms with Crippen LogP contribution in [0.15, 0.2) is 11.5 Å². The highest BCUT2D eigenvalue weighted by Gasteiger charge is 2.30. The first kappa shape index (κ1) is 12.1. The van der Waals surface area contributed by atoms with Crippen LogP contribution >= 0.6 is 0 Å². The average Bonchev–Trinajstić information content (AvgIpc) is 2.57. The van der Waals surface area contributed by atoms with Crippen LogP contribution in [0.4, 0.5) is 0 Å². The van der Waals surface area contributed by atoms with Crippen molar-refractivity contribution in [3.8, 4) is 0 Å². The van der Waals surface area contributed by atoms with Gasteiger partial charge in [0.15, 0.2) is 9.84 Å². The molecule has 1 heterocycles. The van der Waals surface area contributed by atoms with Crippen molar-refractivity contribution in [1.29, 1.82) is 0 Å². The largest absolute Gasteiger partial charge is 0.389 e. The minimum atomic E-state index is -2.99. The highest BCUT2D eigenvalue weighted by Crippen LogP contribution is 2.27. The van der Waals surface area contributed by atoms with Crippen LogP contribution in [0.25, 0.3) is 0 Å². The molecular weight excluding hydrogens is 226 g/mol. The summed E-state index contributed by atoms with van der Waals surface area (Å²) >= 11 is 0. The molecule has 1 aliphatic heterocycles. The second kappa shape index (κ2) is 4.47. The predicted molar refractivity (Wildman–Crippen MR) is 62.8 cm³/mol. The number of hydrogen-bond acceptors (Lipinski definition) is 4. The van der Waals surface area contributed by atoms with Gasteiger partial charge in [0.2, 0.25) is 0 Å². The lowest BCUT2D eigenvalue weighted by Gasteiger charge is -2.33. The molecule has 0 aromatic rings. The van der Waals surface area contributed by atoms with Crippen molar-refractivity contribution in [3.05, 3.63) is 11.5 Å². The fraction of sp³-hybridized carbons (Fsp3) is 0.818. The number of sulfone groups is 1. The van der Waals surface area contributed by atoms with Crippen molar-refractivity contribution >= 4 is 9.84 Å². The first-order chi connectivity index (χ1) is 7.49. The van der Waals surface area contributed by atoms with E-state index in [4.69, 9.17) is 0 Å². The molecule has 1 unspecified atom stereocenters. The molecule has 0 spiro atoms. The van der Waals surface area contributed by atoms with Gasteiger partial charge in [-0.25, -0.2) is 8.42 Å². The van der Waals surface area contributed by atoms with Crippen molar-refractivity contribution < 1.29 is 13.5 Å². The van der Waals surface area contributed by atoms with Crippen LogP contribution in [0.2, 0.25) is 0 Å². The molecule has 1 saturated carbocycles. The second-order valence-electron chi connectivity index (χ2n) is 4.93. The van der Waals surface area contributed by atoms with Crippen LogP contribution in [0.3, 0.4) is 0 Å². The maximum absolute atomic E-state index is 11.2. The minimum Gasteiger partial charge on any atom is -0.389 e. The van der Waals surface area contributed by atoms with Gasteiger partial charge < -0.3 is 10.4 Å². The van der Waals surface area contributed by atoms with Crippen LogP contribution < -0.4 is 5.32 Å². The van der Waals surface area contributed by atoms with E-state index in [0.717, 1.165) is 25.7 Å². The summed E-state index contributed by atoms with van der Waals surface area (Å²) in [6, 6.07) is -0.129. The molecule has 2 rings (SSSR count). The van der Waals surface area contributed by atoms with E-state index in [1.165, 1.54) is 11.8 Å². The molecule has 0 saturated heterocycles. The molecule has 16 heavy (non-hydrogen) atoms. The van der Waals surface area contributed by atoms with Crippen LogP contribution in [0, 0.1) is 0 Å². The van der Waals surface area contributed by atoms with Crippen molar-refractivity contribution in [2.75, 3.05) is 12.3 Å². The third kappa shape index (κ3) is 3.06. The van der Waals surface area contributed by atoms with Crippen LogP contribution in [0.1, 0.15) is 32.1 Å². The van der Waals surface area contributed by atoms with E-state index in [2.05, 4.69) is 5.32 Å². The van der Waals surface area contributed by atoms with E-state index in [-0.39, 0.29) is 11.8 Å². The van der Waals surface area contributed by atoms with Gasteiger partial charge in [0, 0.05) is 18.0 Å². The lowest BCUT2D eigenvalue weighted by Crippen LogP contribution is -2.45. The quantitative estimate of drug-likeness (QED) is 0.763. The van der Waals surface area contributed by atoms with Gasteiger partial charge in [-0.15, -0.1) is 0 Å². The van der Waals surface area contributed by atoms with Crippen LogP contribution in [0.5, 0.6) is 0 Å². The maximum atomic E-state index is 11.2. The molecule has 92 valence electrons. The normalized spacial score (nSPS) is 31.7. The van der Waals surface area contributed by atoms with Gasteiger partial charge in [-0.3, -0.25) is 0 Å². The van der Waals surface area contributed by atoms with E-state index < -0.39 is 15.4 Å². The van der Waals surface area contributed by atoms with Crippen LogP contribution in [-0.4, -0.2) is 37.5 Å². The van der Waals surface area contributed by atoms with Crippen molar-refractivity contribution in [2.45, 2.75) is 43.7 Å². The highest BCUT2D eigenvalue weighted by molar-refractivity contribution is 7.94. The van der Waals surface area contributed by atoms with Gasteiger partial charge >= 0.3 is 0 Å². The topological polar surface area (TPSA) is 66.4 Å². The predicted octanol–water partition coefficient (Wildman–Crippen LogP) is 0.582. The van der Waals surface area contributed by atoms with Crippen molar-refractivity contribution in [2.24, 2.45) is 0 Å². The Labute approximate surface area is 96.7 Å². The number of rotatable bonds is 3.